The first-order valence-corrected chi connectivity index (χ1v) is 13.7. The summed E-state index contributed by atoms with van der Waals surface area (Å²) in [5.41, 5.74) is 3.69. The van der Waals surface area contributed by atoms with E-state index in [4.69, 9.17) is 4.74 Å². The van der Waals surface area contributed by atoms with Gasteiger partial charge in [0.1, 0.15) is 5.75 Å². The molecule has 1 heterocycles. The third kappa shape index (κ3) is 4.81. The molecule has 1 N–H and O–H groups in total. The van der Waals surface area contributed by atoms with Crippen molar-refractivity contribution in [3.8, 4) is 5.75 Å². The molecule has 0 spiro atoms. The van der Waals surface area contributed by atoms with Crippen LogP contribution < -0.4 is 0 Å². The predicted octanol–water partition coefficient (Wildman–Crippen LogP) is 5.69. The summed E-state index contributed by atoms with van der Waals surface area (Å²) in [6, 6.07) is 11.9. The minimum atomic E-state index is -1.26. The number of phenolic OH excluding ortho intramolecular Hbond substituents is 1. The summed E-state index contributed by atoms with van der Waals surface area (Å²) < 4.78 is 21.8. The second kappa shape index (κ2) is 10.2. The average molecular weight is 548 g/mol. The van der Waals surface area contributed by atoms with Gasteiger partial charge in [0, 0.05) is 40.0 Å². The van der Waals surface area contributed by atoms with E-state index in [-0.39, 0.29) is 29.4 Å². The zero-order chi connectivity index (χ0) is 24.6. The van der Waals surface area contributed by atoms with Crippen molar-refractivity contribution in [1.82, 2.24) is 9.47 Å². The highest BCUT2D eigenvalue weighted by atomic mass is 79.9. The van der Waals surface area contributed by atoms with Crippen molar-refractivity contribution in [2.75, 3.05) is 20.7 Å². The number of esters is 1. The maximum absolute atomic E-state index is 13.6. The summed E-state index contributed by atoms with van der Waals surface area (Å²) in [7, 11) is 2.58. The number of aromatic nitrogens is 1. The van der Waals surface area contributed by atoms with Gasteiger partial charge in [-0.2, -0.15) is 0 Å². The van der Waals surface area contributed by atoms with E-state index in [0.717, 1.165) is 29.6 Å². The molecule has 182 valence electrons. The molecule has 0 amide bonds. The van der Waals surface area contributed by atoms with Gasteiger partial charge >= 0.3 is 5.97 Å². The molecule has 3 aromatic rings. The van der Waals surface area contributed by atoms with E-state index in [2.05, 4.69) is 20.5 Å². The first-order valence-electron chi connectivity index (χ1n) is 11.6. The van der Waals surface area contributed by atoms with Crippen LogP contribution in [0.25, 0.3) is 10.9 Å². The normalized spacial score (nSPS) is 15.6. The monoisotopic (exact) mass is 546 g/mol. The van der Waals surface area contributed by atoms with Crippen molar-refractivity contribution in [2.24, 2.45) is 0 Å². The third-order valence-electron chi connectivity index (χ3n) is 6.23. The van der Waals surface area contributed by atoms with E-state index in [1.807, 2.05) is 62.3 Å². The molecule has 1 aliphatic carbocycles. The topological polar surface area (TPSA) is 71.8 Å². The number of hydrogen-bond donors (Lipinski definition) is 1. The Hall–Kier alpha value is -2.16. The zero-order valence-electron chi connectivity index (χ0n) is 20.0. The van der Waals surface area contributed by atoms with Gasteiger partial charge in [0.2, 0.25) is 0 Å². The number of carbonyl (C=O) groups excluding carboxylic acids is 1. The molecule has 0 saturated heterocycles. The number of ether oxygens (including phenoxy) is 1. The van der Waals surface area contributed by atoms with Gasteiger partial charge in [-0.3, -0.25) is 4.21 Å². The zero-order valence-corrected chi connectivity index (χ0v) is 22.4. The van der Waals surface area contributed by atoms with Crippen LogP contribution in [0, 0.1) is 0 Å². The molecule has 1 aliphatic rings. The van der Waals surface area contributed by atoms with Gasteiger partial charge in [0.05, 0.1) is 33.2 Å². The molecule has 6 nitrogen and oxygen atoms in total. The Bertz CT molecular complexity index is 1240. The maximum atomic E-state index is 13.6. The van der Waals surface area contributed by atoms with Gasteiger partial charge in [0.25, 0.3) is 0 Å². The molecule has 1 aromatic heterocycles. The van der Waals surface area contributed by atoms with Gasteiger partial charge < -0.3 is 19.3 Å². The van der Waals surface area contributed by atoms with Crippen molar-refractivity contribution in [3.63, 3.8) is 0 Å². The fourth-order valence-corrected chi connectivity index (χ4v) is 6.20. The summed E-state index contributed by atoms with van der Waals surface area (Å²) in [4.78, 5) is 15.3. The van der Waals surface area contributed by atoms with Crippen molar-refractivity contribution in [3.05, 3.63) is 63.3 Å². The summed E-state index contributed by atoms with van der Waals surface area (Å²) in [6.45, 7) is 4.43. The van der Waals surface area contributed by atoms with E-state index in [9.17, 15) is 14.1 Å². The third-order valence-corrected chi connectivity index (χ3v) is 8.45. The first kappa shape index (κ1) is 24.9. The molecule has 1 saturated carbocycles. The molecule has 4 rings (SSSR count). The highest BCUT2D eigenvalue weighted by Gasteiger charge is 2.35. The maximum Gasteiger partial charge on any atom is 0.340 e. The Kier molecular flexibility index (Phi) is 7.50. The fraction of sp³-hybridized carbons (Fsp3) is 0.423. The van der Waals surface area contributed by atoms with Crippen molar-refractivity contribution in [2.45, 2.75) is 50.3 Å². The van der Waals surface area contributed by atoms with Crippen LogP contribution in [0.2, 0.25) is 0 Å². The van der Waals surface area contributed by atoms with Crippen molar-refractivity contribution >= 4 is 43.6 Å². The number of halogens is 1. The lowest BCUT2D eigenvalue weighted by molar-refractivity contribution is 0.0527. The summed E-state index contributed by atoms with van der Waals surface area (Å²) in [5.74, 6) is -0.0900. The molecule has 2 atom stereocenters. The lowest BCUT2D eigenvalue weighted by Gasteiger charge is -2.15. The number of carbonyl (C=O) groups is 1. The molecular formula is C26H31BrN2O4S. The molecule has 0 radical (unpaired) electrons. The Labute approximate surface area is 211 Å². The molecule has 8 heteroatoms. The number of nitrogens with zero attached hydrogens (tertiary/aromatic N) is 2. The van der Waals surface area contributed by atoms with Gasteiger partial charge in [-0.25, -0.2) is 4.79 Å². The smallest absolute Gasteiger partial charge is 0.340 e. The minimum Gasteiger partial charge on any atom is -0.506 e. The summed E-state index contributed by atoms with van der Waals surface area (Å²) in [6.07, 6.45) is 2.00. The second-order valence-corrected chi connectivity index (χ2v) is 11.7. The van der Waals surface area contributed by atoms with Gasteiger partial charge in [-0.05, 0) is 68.3 Å². The number of rotatable bonds is 9. The molecule has 1 fully saturated rings. The van der Waals surface area contributed by atoms with Gasteiger partial charge in [0.15, 0.2) is 0 Å². The lowest BCUT2D eigenvalue weighted by atomic mass is 10.0. The Morgan fingerprint density at radius 1 is 1.29 bits per heavy atom. The Balaban J connectivity index is 1.94. The SMILES string of the molecule is CCOC(=O)c1c(CS(=O)C(C)c2ccccc2)n(C2CC2)c2cc(Br)c(O)c(CN(C)C)c12. The van der Waals surface area contributed by atoms with Crippen LogP contribution in [0.5, 0.6) is 5.75 Å². The fourth-order valence-electron chi connectivity index (χ4n) is 4.48. The van der Waals surface area contributed by atoms with Crippen LogP contribution >= 0.6 is 15.9 Å². The molecule has 2 aromatic carbocycles. The Morgan fingerprint density at radius 3 is 2.56 bits per heavy atom. The molecular weight excluding hydrogens is 516 g/mol. The average Bonchev–Trinajstić information content (AvgIpc) is 3.59. The van der Waals surface area contributed by atoms with Gasteiger partial charge in [-0.15, -0.1) is 0 Å². The van der Waals surface area contributed by atoms with Crippen LogP contribution in [0.1, 0.15) is 65.2 Å². The standard InChI is InChI=1S/C26H31BrN2O4S/c1-5-33-26(31)24-22(15-34(32)16(2)17-9-7-6-8-10-17)29(18-11-12-18)21-13-20(27)25(30)19(23(21)24)14-28(3)4/h6-10,13,16,18,30H,5,11-12,14-15H2,1-4H3. The number of aromatic hydroxyl groups is 1. The predicted molar refractivity (Wildman–Crippen MR) is 140 cm³/mol. The highest BCUT2D eigenvalue weighted by molar-refractivity contribution is 9.10. The van der Waals surface area contributed by atoms with E-state index >= 15 is 0 Å². The van der Waals surface area contributed by atoms with Gasteiger partial charge in [-0.1, -0.05) is 30.3 Å². The second-order valence-electron chi connectivity index (χ2n) is 9.04. The lowest BCUT2D eigenvalue weighted by Crippen LogP contribution is -2.15. The largest absolute Gasteiger partial charge is 0.506 e. The van der Waals surface area contributed by atoms with E-state index in [1.165, 1.54) is 0 Å². The van der Waals surface area contributed by atoms with Crippen LogP contribution in [-0.4, -0.2) is 45.5 Å². The number of benzene rings is 2. The molecule has 0 aliphatic heterocycles. The minimum absolute atomic E-state index is 0.116. The molecule has 2 unspecified atom stereocenters. The quantitative estimate of drug-likeness (QED) is 0.349. The van der Waals surface area contributed by atoms with Crippen LogP contribution in [0.3, 0.4) is 0 Å². The molecule has 0 bridgehead atoms. The number of hydrogen-bond acceptors (Lipinski definition) is 5. The van der Waals surface area contributed by atoms with Crippen LogP contribution in [0.4, 0.5) is 0 Å². The van der Waals surface area contributed by atoms with Crippen molar-refractivity contribution in [1.29, 1.82) is 0 Å². The summed E-state index contributed by atoms with van der Waals surface area (Å²) >= 11 is 3.51. The van der Waals surface area contributed by atoms with Crippen LogP contribution in [0.15, 0.2) is 40.9 Å². The van der Waals surface area contributed by atoms with Crippen molar-refractivity contribution < 1.29 is 18.8 Å². The summed E-state index contributed by atoms with van der Waals surface area (Å²) in [5, 5.41) is 11.5. The first-order chi connectivity index (χ1) is 16.2. The molecule has 34 heavy (non-hydrogen) atoms. The van der Waals surface area contributed by atoms with E-state index in [1.54, 1.807) is 6.92 Å². The van der Waals surface area contributed by atoms with E-state index in [0.29, 0.717) is 27.5 Å². The Morgan fingerprint density at radius 2 is 1.97 bits per heavy atom. The highest BCUT2D eigenvalue weighted by Crippen LogP contribution is 2.46. The van der Waals surface area contributed by atoms with Crippen LogP contribution in [-0.2, 0) is 27.8 Å². The number of fused-ring (bicyclic) bond motifs is 1. The van der Waals surface area contributed by atoms with E-state index < -0.39 is 16.8 Å². The number of phenols is 1.